The molecule has 0 aromatic heterocycles. The lowest BCUT2D eigenvalue weighted by atomic mass is 9.89. The quantitative estimate of drug-likeness (QED) is 0.877. The third kappa shape index (κ3) is 2.80. The molecule has 3 rings (SSSR count). The topological polar surface area (TPSA) is 55.4 Å². The van der Waals surface area contributed by atoms with Gasteiger partial charge < -0.3 is 10.1 Å². The number of rotatable bonds is 3. The molecule has 1 amide bonds. The molecule has 1 aliphatic rings. The highest BCUT2D eigenvalue weighted by molar-refractivity contribution is 6.03. The van der Waals surface area contributed by atoms with Crippen LogP contribution in [0.5, 0.6) is 0 Å². The van der Waals surface area contributed by atoms with E-state index in [9.17, 15) is 9.59 Å². The number of anilines is 1. The van der Waals surface area contributed by atoms with E-state index in [0.717, 1.165) is 28.8 Å². The number of hydrogen-bond donors (Lipinski definition) is 1. The summed E-state index contributed by atoms with van der Waals surface area (Å²) in [4.78, 5) is 25.1. The molecule has 2 aromatic rings. The lowest BCUT2D eigenvalue weighted by Crippen LogP contribution is -2.49. The minimum atomic E-state index is -1.21. The van der Waals surface area contributed by atoms with Crippen LogP contribution in [0.15, 0.2) is 42.5 Å². The van der Waals surface area contributed by atoms with Crippen molar-refractivity contribution in [1.82, 2.24) is 0 Å². The summed E-state index contributed by atoms with van der Waals surface area (Å²) < 4.78 is 5.50. The number of para-hydroxylation sites is 1. The van der Waals surface area contributed by atoms with E-state index < -0.39 is 11.6 Å². The molecule has 0 saturated carbocycles. The van der Waals surface area contributed by atoms with Crippen molar-refractivity contribution in [3.05, 3.63) is 64.7 Å². The Kier molecular flexibility index (Phi) is 4.14. The molecule has 0 spiro atoms. The summed E-state index contributed by atoms with van der Waals surface area (Å²) in [6, 6.07) is 13.2. The van der Waals surface area contributed by atoms with Gasteiger partial charge in [-0.2, -0.15) is 0 Å². The molecule has 2 aromatic carbocycles. The summed E-state index contributed by atoms with van der Waals surface area (Å²) in [6.45, 7) is 5.67. The number of carbonyl (C=O) groups is 2. The molecule has 1 N–H and O–H groups in total. The average molecular weight is 323 g/mol. The largest absolute Gasteiger partial charge is 0.445 e. The number of benzene rings is 2. The first kappa shape index (κ1) is 16.2. The van der Waals surface area contributed by atoms with E-state index in [0.29, 0.717) is 12.0 Å². The molecule has 0 fully saturated rings. The highest BCUT2D eigenvalue weighted by Gasteiger charge is 2.42. The van der Waals surface area contributed by atoms with Gasteiger partial charge in [0.25, 0.3) is 5.91 Å². The molecule has 0 bridgehead atoms. The number of esters is 1. The van der Waals surface area contributed by atoms with Crippen LogP contribution in [0.3, 0.4) is 0 Å². The predicted octanol–water partition coefficient (Wildman–Crippen LogP) is 3.67. The van der Waals surface area contributed by atoms with E-state index in [2.05, 4.69) is 5.32 Å². The van der Waals surface area contributed by atoms with Crippen LogP contribution in [0, 0.1) is 6.92 Å². The van der Waals surface area contributed by atoms with Crippen molar-refractivity contribution in [3.63, 3.8) is 0 Å². The fourth-order valence-corrected chi connectivity index (χ4v) is 3.11. The van der Waals surface area contributed by atoms with Gasteiger partial charge in [0.15, 0.2) is 5.60 Å². The Labute approximate surface area is 141 Å². The Balaban J connectivity index is 1.90. The Morgan fingerprint density at radius 2 is 1.96 bits per heavy atom. The van der Waals surface area contributed by atoms with Crippen LogP contribution >= 0.6 is 0 Å². The fourth-order valence-electron chi connectivity index (χ4n) is 3.11. The van der Waals surface area contributed by atoms with E-state index in [4.69, 9.17) is 4.74 Å². The highest BCUT2D eigenvalue weighted by atomic mass is 16.6. The van der Waals surface area contributed by atoms with Crippen LogP contribution in [0.25, 0.3) is 0 Å². The maximum Gasteiger partial charge on any atom is 0.339 e. The van der Waals surface area contributed by atoms with Gasteiger partial charge in [-0.05, 0) is 43.0 Å². The van der Waals surface area contributed by atoms with Crippen molar-refractivity contribution in [1.29, 1.82) is 0 Å². The smallest absolute Gasteiger partial charge is 0.339 e. The lowest BCUT2D eigenvalue weighted by Gasteiger charge is -2.33. The first-order chi connectivity index (χ1) is 11.4. The molecule has 1 unspecified atom stereocenters. The molecule has 4 heteroatoms. The molecule has 0 radical (unpaired) electrons. The molecular weight excluding hydrogens is 302 g/mol. The zero-order valence-corrected chi connectivity index (χ0v) is 14.2. The van der Waals surface area contributed by atoms with Crippen molar-refractivity contribution in [3.8, 4) is 0 Å². The summed E-state index contributed by atoms with van der Waals surface area (Å²) in [5.74, 6) is -0.746. The number of amides is 1. The Morgan fingerprint density at radius 3 is 2.71 bits per heavy atom. The standard InChI is InChI=1S/C20H21NO3/c1-4-14-10-7-8-13(2)17(14)21-19(23)20(3)12-15-9-5-6-11-16(15)18(22)24-20/h5-11H,4,12H2,1-3H3,(H,21,23). The van der Waals surface area contributed by atoms with Crippen molar-refractivity contribution >= 4 is 17.6 Å². The van der Waals surface area contributed by atoms with Gasteiger partial charge in [-0.1, -0.05) is 43.3 Å². The number of fused-ring (bicyclic) bond motifs is 1. The summed E-state index contributed by atoms with van der Waals surface area (Å²) in [5, 5.41) is 2.98. The van der Waals surface area contributed by atoms with Crippen LogP contribution in [0.1, 0.15) is 40.9 Å². The Hall–Kier alpha value is -2.62. The maximum absolute atomic E-state index is 12.9. The molecule has 24 heavy (non-hydrogen) atoms. The number of nitrogens with one attached hydrogen (secondary N) is 1. The molecule has 0 aliphatic carbocycles. The van der Waals surface area contributed by atoms with Crippen molar-refractivity contribution in [2.45, 2.75) is 39.2 Å². The van der Waals surface area contributed by atoms with Gasteiger partial charge in [-0.15, -0.1) is 0 Å². The molecule has 4 nitrogen and oxygen atoms in total. The monoisotopic (exact) mass is 323 g/mol. The van der Waals surface area contributed by atoms with Gasteiger partial charge in [0.1, 0.15) is 0 Å². The highest BCUT2D eigenvalue weighted by Crippen LogP contribution is 2.30. The molecule has 0 saturated heterocycles. The minimum Gasteiger partial charge on any atom is -0.445 e. The van der Waals surface area contributed by atoms with Crippen LogP contribution in [0.4, 0.5) is 5.69 Å². The molecule has 1 atom stereocenters. The van der Waals surface area contributed by atoms with Crippen molar-refractivity contribution in [2.24, 2.45) is 0 Å². The lowest BCUT2D eigenvalue weighted by molar-refractivity contribution is -0.134. The van der Waals surface area contributed by atoms with Crippen LogP contribution < -0.4 is 5.32 Å². The van der Waals surface area contributed by atoms with Gasteiger partial charge in [-0.25, -0.2) is 4.79 Å². The molecule has 124 valence electrons. The van der Waals surface area contributed by atoms with Crippen molar-refractivity contribution in [2.75, 3.05) is 5.32 Å². The second kappa shape index (κ2) is 6.11. The minimum absolute atomic E-state index is 0.297. The summed E-state index contributed by atoms with van der Waals surface area (Å²) in [5.41, 5.74) is 3.03. The van der Waals surface area contributed by atoms with E-state index >= 15 is 0 Å². The zero-order chi connectivity index (χ0) is 17.3. The number of hydrogen-bond acceptors (Lipinski definition) is 3. The SMILES string of the molecule is CCc1cccc(C)c1NC(=O)C1(C)Cc2ccccc2C(=O)O1. The Morgan fingerprint density at radius 1 is 1.21 bits per heavy atom. The van der Waals surface area contributed by atoms with Crippen LogP contribution in [0.2, 0.25) is 0 Å². The predicted molar refractivity (Wildman–Crippen MR) is 93.2 cm³/mol. The van der Waals surface area contributed by atoms with Crippen LogP contribution in [-0.4, -0.2) is 17.5 Å². The number of cyclic esters (lactones) is 1. The van der Waals surface area contributed by atoms with Gasteiger partial charge in [0.2, 0.25) is 0 Å². The van der Waals surface area contributed by atoms with E-state index in [1.165, 1.54) is 0 Å². The number of carbonyl (C=O) groups excluding carboxylic acids is 2. The number of aryl methyl sites for hydroxylation is 2. The zero-order valence-electron chi connectivity index (χ0n) is 14.2. The van der Waals surface area contributed by atoms with Crippen LogP contribution in [-0.2, 0) is 22.4 Å². The van der Waals surface area contributed by atoms with Gasteiger partial charge in [0.05, 0.1) is 5.56 Å². The van der Waals surface area contributed by atoms with Crippen molar-refractivity contribution < 1.29 is 14.3 Å². The third-order valence-electron chi connectivity index (χ3n) is 4.54. The first-order valence-corrected chi connectivity index (χ1v) is 8.16. The summed E-state index contributed by atoms with van der Waals surface area (Å²) >= 11 is 0. The van der Waals surface area contributed by atoms with E-state index in [1.807, 2.05) is 44.2 Å². The Bertz CT molecular complexity index is 812. The third-order valence-corrected chi connectivity index (χ3v) is 4.54. The normalized spacial score (nSPS) is 19.4. The second-order valence-electron chi connectivity index (χ2n) is 6.37. The van der Waals surface area contributed by atoms with E-state index in [-0.39, 0.29) is 5.91 Å². The molecule has 1 aliphatic heterocycles. The summed E-state index contributed by atoms with van der Waals surface area (Å²) in [6.07, 6.45) is 1.19. The van der Waals surface area contributed by atoms with E-state index in [1.54, 1.807) is 19.1 Å². The number of ether oxygens (including phenoxy) is 1. The summed E-state index contributed by atoms with van der Waals surface area (Å²) in [7, 11) is 0. The van der Waals surface area contributed by atoms with Gasteiger partial charge in [-0.3, -0.25) is 4.79 Å². The van der Waals surface area contributed by atoms with Gasteiger partial charge in [0, 0.05) is 12.1 Å². The molecule has 1 heterocycles. The average Bonchev–Trinajstić information content (AvgIpc) is 2.56. The second-order valence-corrected chi connectivity index (χ2v) is 6.37. The first-order valence-electron chi connectivity index (χ1n) is 8.16. The fraction of sp³-hybridized carbons (Fsp3) is 0.300. The van der Waals surface area contributed by atoms with Gasteiger partial charge >= 0.3 is 5.97 Å². The maximum atomic E-state index is 12.9. The molecular formula is C20H21NO3.